The van der Waals surface area contributed by atoms with Crippen LogP contribution in [0.5, 0.6) is 0 Å². The summed E-state index contributed by atoms with van der Waals surface area (Å²) in [4.78, 5) is 21.9. The van der Waals surface area contributed by atoms with Gasteiger partial charge in [-0.15, -0.1) is 11.3 Å². The average molecular weight is 366 g/mol. The number of hydrogen-bond acceptors (Lipinski definition) is 4. The lowest BCUT2D eigenvalue weighted by atomic mass is 10.2. The van der Waals surface area contributed by atoms with Crippen molar-refractivity contribution in [1.82, 2.24) is 0 Å². The van der Waals surface area contributed by atoms with E-state index in [-0.39, 0.29) is 5.69 Å². The van der Waals surface area contributed by atoms with Gasteiger partial charge in [-0.2, -0.15) is 0 Å². The van der Waals surface area contributed by atoms with E-state index in [0.717, 1.165) is 28.3 Å². The molecule has 9 heteroatoms. The van der Waals surface area contributed by atoms with Gasteiger partial charge in [-0.05, 0) is 12.1 Å². The largest absolute Gasteiger partial charge is 0.324 e. The first kappa shape index (κ1) is 16.2. The molecule has 0 aliphatic heterocycles. The normalized spacial score (nSPS) is 10.6. The standard InChI is InChI=1S/C15H9ClFN3O3S/c16-13-9-3-1-2-4-12(9)24-14(13)19-15(21)18-11-6-5-8(20(22)23)7-10(11)17/h1-7H,(H2,18,19,21). The summed E-state index contributed by atoms with van der Waals surface area (Å²) >= 11 is 7.50. The van der Waals surface area contributed by atoms with E-state index in [1.165, 1.54) is 11.3 Å². The molecular formula is C15H9ClFN3O3S. The molecule has 0 aliphatic carbocycles. The molecule has 1 heterocycles. The van der Waals surface area contributed by atoms with Gasteiger partial charge in [0, 0.05) is 16.2 Å². The summed E-state index contributed by atoms with van der Waals surface area (Å²) in [5.74, 6) is -0.901. The van der Waals surface area contributed by atoms with Gasteiger partial charge in [-0.3, -0.25) is 15.4 Å². The van der Waals surface area contributed by atoms with E-state index in [1.54, 1.807) is 0 Å². The number of thiophene rings is 1. The molecule has 6 nitrogen and oxygen atoms in total. The van der Waals surface area contributed by atoms with Crippen LogP contribution in [0.15, 0.2) is 42.5 Å². The second-order valence-electron chi connectivity index (χ2n) is 4.74. The number of amides is 2. The van der Waals surface area contributed by atoms with Crippen molar-refractivity contribution in [3.63, 3.8) is 0 Å². The number of fused-ring (bicyclic) bond motifs is 1. The summed E-state index contributed by atoms with van der Waals surface area (Å²) < 4.78 is 14.7. The molecule has 0 unspecified atom stereocenters. The van der Waals surface area contributed by atoms with Crippen LogP contribution in [0.4, 0.5) is 25.6 Å². The van der Waals surface area contributed by atoms with Crippen molar-refractivity contribution >= 4 is 55.4 Å². The lowest BCUT2D eigenvalue weighted by molar-refractivity contribution is -0.385. The Hall–Kier alpha value is -2.71. The number of nitrogens with zero attached hydrogens (tertiary/aromatic N) is 1. The Morgan fingerprint density at radius 1 is 1.21 bits per heavy atom. The summed E-state index contributed by atoms with van der Waals surface area (Å²) in [5, 5.41) is 17.1. The lowest BCUT2D eigenvalue weighted by Gasteiger charge is -2.07. The second kappa shape index (κ2) is 6.42. The van der Waals surface area contributed by atoms with Gasteiger partial charge < -0.3 is 5.32 Å². The minimum Gasteiger partial charge on any atom is -0.305 e. The van der Waals surface area contributed by atoms with E-state index in [0.29, 0.717) is 10.0 Å². The fourth-order valence-corrected chi connectivity index (χ4v) is 3.44. The highest BCUT2D eigenvalue weighted by atomic mass is 35.5. The van der Waals surface area contributed by atoms with Crippen molar-refractivity contribution in [3.8, 4) is 0 Å². The minimum atomic E-state index is -0.901. The average Bonchev–Trinajstić information content (AvgIpc) is 2.85. The van der Waals surface area contributed by atoms with Gasteiger partial charge in [-0.25, -0.2) is 9.18 Å². The number of benzene rings is 2. The van der Waals surface area contributed by atoms with Crippen molar-refractivity contribution in [2.24, 2.45) is 0 Å². The number of carbonyl (C=O) groups is 1. The molecule has 0 saturated heterocycles. The Bertz CT molecular complexity index is 960. The zero-order chi connectivity index (χ0) is 17.3. The molecule has 0 atom stereocenters. The Morgan fingerprint density at radius 2 is 1.96 bits per heavy atom. The van der Waals surface area contributed by atoms with Crippen LogP contribution in [-0.2, 0) is 0 Å². The predicted octanol–water partition coefficient (Wildman–Crippen LogP) is 5.25. The first-order chi connectivity index (χ1) is 11.5. The predicted molar refractivity (Wildman–Crippen MR) is 92.5 cm³/mol. The maximum Gasteiger partial charge on any atom is 0.324 e. The molecular weight excluding hydrogens is 357 g/mol. The molecule has 0 aliphatic rings. The van der Waals surface area contributed by atoms with Gasteiger partial charge in [0.1, 0.15) is 5.00 Å². The number of nitro benzene ring substituents is 1. The molecule has 2 aromatic carbocycles. The summed E-state index contributed by atoms with van der Waals surface area (Å²) in [7, 11) is 0. The molecule has 24 heavy (non-hydrogen) atoms. The van der Waals surface area contributed by atoms with Gasteiger partial charge >= 0.3 is 6.03 Å². The molecule has 3 aromatic rings. The third-order valence-electron chi connectivity index (χ3n) is 3.17. The van der Waals surface area contributed by atoms with Crippen LogP contribution in [0.1, 0.15) is 0 Å². The Balaban J connectivity index is 1.78. The molecule has 0 spiro atoms. The second-order valence-corrected chi connectivity index (χ2v) is 6.17. The topological polar surface area (TPSA) is 84.3 Å². The van der Waals surface area contributed by atoms with Crippen molar-refractivity contribution < 1.29 is 14.1 Å². The summed E-state index contributed by atoms with van der Waals surface area (Å²) in [5.41, 5.74) is -0.568. The monoisotopic (exact) mass is 365 g/mol. The fourth-order valence-electron chi connectivity index (χ4n) is 2.07. The number of halogens is 2. The Labute approximate surface area is 144 Å². The molecule has 2 amide bonds. The maximum atomic E-state index is 13.8. The molecule has 2 N–H and O–H groups in total. The number of nitrogens with one attached hydrogen (secondary N) is 2. The minimum absolute atomic E-state index is 0.171. The highest BCUT2D eigenvalue weighted by Gasteiger charge is 2.15. The molecule has 0 radical (unpaired) electrons. The van der Waals surface area contributed by atoms with Gasteiger partial charge in [-0.1, -0.05) is 29.8 Å². The van der Waals surface area contributed by atoms with Crippen LogP contribution < -0.4 is 10.6 Å². The number of anilines is 2. The van der Waals surface area contributed by atoms with Crippen LogP contribution in [0.2, 0.25) is 5.02 Å². The van der Waals surface area contributed by atoms with Crippen LogP contribution in [0.3, 0.4) is 0 Å². The highest BCUT2D eigenvalue weighted by molar-refractivity contribution is 7.23. The fraction of sp³-hybridized carbons (Fsp3) is 0. The molecule has 122 valence electrons. The summed E-state index contributed by atoms with van der Waals surface area (Å²) in [6.45, 7) is 0. The third kappa shape index (κ3) is 3.15. The van der Waals surface area contributed by atoms with Crippen LogP contribution >= 0.6 is 22.9 Å². The molecule has 0 saturated carbocycles. The first-order valence-electron chi connectivity index (χ1n) is 6.64. The SMILES string of the molecule is O=C(Nc1ccc([N+](=O)[O-])cc1F)Nc1sc2ccccc2c1Cl. The van der Waals surface area contributed by atoms with Crippen molar-refractivity contribution in [2.45, 2.75) is 0 Å². The number of non-ortho nitro benzene ring substituents is 1. The van der Waals surface area contributed by atoms with Crippen molar-refractivity contribution in [2.75, 3.05) is 10.6 Å². The number of nitro groups is 1. The van der Waals surface area contributed by atoms with Gasteiger partial charge in [0.05, 0.1) is 21.7 Å². The zero-order valence-electron chi connectivity index (χ0n) is 11.9. The van der Waals surface area contributed by atoms with E-state index in [9.17, 15) is 19.3 Å². The lowest BCUT2D eigenvalue weighted by Crippen LogP contribution is -2.19. The smallest absolute Gasteiger partial charge is 0.305 e. The molecule has 3 rings (SSSR count). The molecule has 0 bridgehead atoms. The van der Waals surface area contributed by atoms with Crippen molar-refractivity contribution in [3.05, 3.63) is 63.4 Å². The maximum absolute atomic E-state index is 13.8. The van der Waals surface area contributed by atoms with Crippen molar-refractivity contribution in [1.29, 1.82) is 0 Å². The number of carbonyl (C=O) groups excluding carboxylic acids is 1. The number of urea groups is 1. The van der Waals surface area contributed by atoms with E-state index in [4.69, 9.17) is 11.6 Å². The Morgan fingerprint density at radius 3 is 2.62 bits per heavy atom. The van der Waals surface area contributed by atoms with Crippen LogP contribution in [0.25, 0.3) is 10.1 Å². The van der Waals surface area contributed by atoms with Gasteiger partial charge in [0.25, 0.3) is 5.69 Å². The van der Waals surface area contributed by atoms with E-state index < -0.39 is 22.5 Å². The zero-order valence-corrected chi connectivity index (χ0v) is 13.5. The Kier molecular flexibility index (Phi) is 4.32. The number of hydrogen-bond donors (Lipinski definition) is 2. The third-order valence-corrected chi connectivity index (χ3v) is 4.76. The summed E-state index contributed by atoms with van der Waals surface area (Å²) in [6, 6.07) is 9.64. The van der Waals surface area contributed by atoms with Gasteiger partial charge in [0.2, 0.25) is 0 Å². The molecule has 1 aromatic heterocycles. The van der Waals surface area contributed by atoms with E-state index in [2.05, 4.69) is 10.6 Å². The summed E-state index contributed by atoms with van der Waals surface area (Å²) in [6.07, 6.45) is 0. The quantitative estimate of drug-likeness (QED) is 0.491. The van der Waals surface area contributed by atoms with Gasteiger partial charge in [0.15, 0.2) is 5.82 Å². The number of rotatable bonds is 3. The molecule has 0 fully saturated rings. The van der Waals surface area contributed by atoms with E-state index in [1.807, 2.05) is 24.3 Å². The van der Waals surface area contributed by atoms with Crippen LogP contribution in [-0.4, -0.2) is 11.0 Å². The van der Waals surface area contributed by atoms with Crippen LogP contribution in [0, 0.1) is 15.9 Å². The first-order valence-corrected chi connectivity index (χ1v) is 7.84. The van der Waals surface area contributed by atoms with E-state index >= 15 is 0 Å². The highest BCUT2D eigenvalue weighted by Crippen LogP contribution is 2.39.